The number of ether oxygens (including phenoxy) is 1. The molecule has 0 fully saturated rings. The van der Waals surface area contributed by atoms with Crippen molar-refractivity contribution >= 4 is 28.7 Å². The normalized spacial score (nSPS) is 18.5. The van der Waals surface area contributed by atoms with E-state index in [0.29, 0.717) is 5.56 Å². The fraction of sp³-hybridized carbons (Fsp3) is 0.261. The van der Waals surface area contributed by atoms with Crippen molar-refractivity contribution in [3.05, 3.63) is 71.9 Å². The molecule has 1 atom stereocenters. The van der Waals surface area contributed by atoms with Crippen molar-refractivity contribution in [2.24, 2.45) is 4.99 Å². The van der Waals surface area contributed by atoms with Crippen molar-refractivity contribution in [1.29, 1.82) is 0 Å². The molecule has 0 bridgehead atoms. The van der Waals surface area contributed by atoms with Gasteiger partial charge in [-0.15, -0.1) is 0 Å². The van der Waals surface area contributed by atoms with Crippen LogP contribution in [0.3, 0.4) is 0 Å². The molecule has 1 unspecified atom stereocenters. The molecule has 0 saturated heterocycles. The van der Waals surface area contributed by atoms with Crippen LogP contribution in [0.4, 0.5) is 18.0 Å². The lowest BCUT2D eigenvalue weighted by Crippen LogP contribution is -2.63. The maximum atomic E-state index is 14.2. The van der Waals surface area contributed by atoms with Crippen molar-refractivity contribution in [3.63, 3.8) is 0 Å². The van der Waals surface area contributed by atoms with Crippen LogP contribution in [0.25, 0.3) is 10.9 Å². The number of aliphatic imine (C=N–C) groups is 1. The minimum atomic E-state index is -5.19. The first-order valence-electron chi connectivity index (χ1n) is 10.3. The average Bonchev–Trinajstić information content (AvgIpc) is 3.32. The van der Waals surface area contributed by atoms with Gasteiger partial charge in [-0.25, -0.2) is 9.79 Å². The minimum Gasteiger partial charge on any atom is -0.450 e. The number of halogens is 3. The number of aromatic nitrogens is 1. The molecule has 3 aromatic rings. The van der Waals surface area contributed by atoms with E-state index in [0.717, 1.165) is 21.4 Å². The zero-order valence-corrected chi connectivity index (χ0v) is 17.6. The molecule has 33 heavy (non-hydrogen) atoms. The van der Waals surface area contributed by atoms with Crippen molar-refractivity contribution in [1.82, 2.24) is 15.2 Å². The van der Waals surface area contributed by atoms with Gasteiger partial charge in [0.2, 0.25) is 0 Å². The number of nitrogens with one attached hydrogen (secondary N) is 2. The molecule has 10 heteroatoms. The van der Waals surface area contributed by atoms with E-state index < -0.39 is 23.8 Å². The molecule has 2 N–H and O–H groups in total. The summed E-state index contributed by atoms with van der Waals surface area (Å²) in [7, 11) is 0. The largest absolute Gasteiger partial charge is 0.450 e. The molecule has 2 heterocycles. The van der Waals surface area contributed by atoms with Crippen LogP contribution in [-0.4, -0.2) is 52.7 Å². The standard InChI is InChI=1S/C23H21F3N4O3/c1-2-33-21(32)29-22(23(24,25)26)20(31)30(19(28-22)15-8-4-3-5-9-15)13-12-16-14-27-18-11-7-6-10-17(16)18/h3-11,14,27H,2,12-13H2,1H3,(H,29,32). The van der Waals surface area contributed by atoms with Gasteiger partial charge in [0.25, 0.3) is 5.91 Å². The van der Waals surface area contributed by atoms with Crippen molar-refractivity contribution in [3.8, 4) is 0 Å². The van der Waals surface area contributed by atoms with E-state index in [1.165, 1.54) is 6.92 Å². The summed E-state index contributed by atoms with van der Waals surface area (Å²) >= 11 is 0. The molecule has 0 radical (unpaired) electrons. The quantitative estimate of drug-likeness (QED) is 0.585. The Morgan fingerprint density at radius 2 is 1.85 bits per heavy atom. The second-order valence-corrected chi connectivity index (χ2v) is 7.42. The van der Waals surface area contributed by atoms with Crippen molar-refractivity contribution in [2.75, 3.05) is 13.2 Å². The molecule has 4 rings (SSSR count). The zero-order valence-electron chi connectivity index (χ0n) is 17.6. The third kappa shape index (κ3) is 4.04. The van der Waals surface area contributed by atoms with Gasteiger partial charge in [-0.3, -0.25) is 15.0 Å². The minimum absolute atomic E-state index is 0.0727. The predicted molar refractivity (Wildman–Crippen MR) is 116 cm³/mol. The SMILES string of the molecule is CCOC(=O)NC1(C(F)(F)F)N=C(c2ccccc2)N(CCc2c[nH]c3ccccc23)C1=O. The highest BCUT2D eigenvalue weighted by Gasteiger charge is 2.67. The number of fused-ring (bicyclic) bond motifs is 1. The number of alkyl carbamates (subject to hydrolysis) is 1. The number of carbonyl (C=O) groups is 2. The van der Waals surface area contributed by atoms with E-state index in [-0.39, 0.29) is 25.4 Å². The molecular formula is C23H21F3N4O3. The smallest absolute Gasteiger partial charge is 0.442 e. The maximum absolute atomic E-state index is 14.2. The van der Waals surface area contributed by atoms with Gasteiger partial charge in [-0.1, -0.05) is 48.5 Å². The van der Waals surface area contributed by atoms with E-state index in [4.69, 9.17) is 0 Å². The number of amidine groups is 1. The number of alkyl halides is 3. The Morgan fingerprint density at radius 1 is 1.15 bits per heavy atom. The van der Waals surface area contributed by atoms with Gasteiger partial charge in [0.15, 0.2) is 0 Å². The Kier molecular flexibility index (Phi) is 5.84. The maximum Gasteiger partial charge on any atom is 0.442 e. The van der Waals surface area contributed by atoms with Crippen LogP contribution in [0.5, 0.6) is 0 Å². The Bertz CT molecular complexity index is 1210. The third-order valence-corrected chi connectivity index (χ3v) is 5.36. The molecule has 172 valence electrons. The van der Waals surface area contributed by atoms with Crippen LogP contribution in [0.2, 0.25) is 0 Å². The Labute approximate surface area is 187 Å². The van der Waals surface area contributed by atoms with E-state index in [1.54, 1.807) is 41.8 Å². The van der Waals surface area contributed by atoms with Crippen LogP contribution in [0.1, 0.15) is 18.1 Å². The zero-order chi connectivity index (χ0) is 23.6. The van der Waals surface area contributed by atoms with Gasteiger partial charge in [-0.05, 0) is 25.0 Å². The monoisotopic (exact) mass is 458 g/mol. The number of hydrogen-bond donors (Lipinski definition) is 2. The number of hydrogen-bond acceptors (Lipinski definition) is 4. The number of carbonyl (C=O) groups excluding carboxylic acids is 2. The average molecular weight is 458 g/mol. The van der Waals surface area contributed by atoms with Crippen LogP contribution in [0, 0.1) is 0 Å². The number of para-hydroxylation sites is 1. The van der Waals surface area contributed by atoms with Crippen LogP contribution >= 0.6 is 0 Å². The van der Waals surface area contributed by atoms with E-state index >= 15 is 0 Å². The fourth-order valence-corrected chi connectivity index (χ4v) is 3.80. The summed E-state index contributed by atoms with van der Waals surface area (Å²) in [4.78, 5) is 33.0. The molecule has 0 aliphatic carbocycles. The molecule has 0 saturated carbocycles. The summed E-state index contributed by atoms with van der Waals surface area (Å²) in [6, 6.07) is 15.6. The summed E-state index contributed by atoms with van der Waals surface area (Å²) in [5.74, 6) is -1.56. The molecule has 2 amide bonds. The second-order valence-electron chi connectivity index (χ2n) is 7.42. The Morgan fingerprint density at radius 3 is 2.55 bits per heavy atom. The number of aromatic amines is 1. The third-order valence-electron chi connectivity index (χ3n) is 5.36. The van der Waals surface area contributed by atoms with Gasteiger partial charge in [-0.2, -0.15) is 13.2 Å². The molecule has 2 aromatic carbocycles. The van der Waals surface area contributed by atoms with Crippen LogP contribution < -0.4 is 5.32 Å². The topological polar surface area (TPSA) is 86.8 Å². The van der Waals surface area contributed by atoms with Gasteiger partial charge in [0, 0.05) is 29.2 Å². The van der Waals surface area contributed by atoms with E-state index in [2.05, 4.69) is 14.7 Å². The molecule has 1 aliphatic rings. The first kappa shape index (κ1) is 22.4. The van der Waals surface area contributed by atoms with Gasteiger partial charge in [0.05, 0.1) is 6.61 Å². The van der Waals surface area contributed by atoms with Crippen molar-refractivity contribution < 1.29 is 27.5 Å². The number of benzene rings is 2. The van der Waals surface area contributed by atoms with Crippen LogP contribution in [0.15, 0.2) is 65.8 Å². The molecule has 7 nitrogen and oxygen atoms in total. The molecular weight excluding hydrogens is 437 g/mol. The Balaban J connectivity index is 1.72. The van der Waals surface area contributed by atoms with E-state index in [1.807, 2.05) is 24.3 Å². The Hall–Kier alpha value is -3.82. The molecule has 1 aliphatic heterocycles. The summed E-state index contributed by atoms with van der Waals surface area (Å²) in [5.41, 5.74) is -1.42. The second kappa shape index (κ2) is 8.61. The number of H-pyrrole nitrogens is 1. The van der Waals surface area contributed by atoms with Gasteiger partial charge < -0.3 is 9.72 Å². The summed E-state index contributed by atoms with van der Waals surface area (Å²) in [5, 5.41) is 2.58. The number of nitrogens with zero attached hydrogens (tertiary/aromatic N) is 2. The van der Waals surface area contributed by atoms with Gasteiger partial charge >= 0.3 is 17.9 Å². The first-order chi connectivity index (χ1) is 15.8. The highest BCUT2D eigenvalue weighted by molar-refractivity contribution is 6.16. The van der Waals surface area contributed by atoms with Gasteiger partial charge in [0.1, 0.15) is 5.84 Å². The lowest BCUT2D eigenvalue weighted by Gasteiger charge is -2.28. The predicted octanol–water partition coefficient (Wildman–Crippen LogP) is 4.00. The lowest BCUT2D eigenvalue weighted by atomic mass is 10.1. The van der Waals surface area contributed by atoms with Crippen LogP contribution in [-0.2, 0) is 16.0 Å². The van der Waals surface area contributed by atoms with Crippen molar-refractivity contribution in [2.45, 2.75) is 25.2 Å². The highest BCUT2D eigenvalue weighted by Crippen LogP contribution is 2.38. The summed E-state index contributed by atoms with van der Waals surface area (Å²) in [6.45, 7) is 1.22. The first-order valence-corrected chi connectivity index (χ1v) is 10.3. The summed E-state index contributed by atoms with van der Waals surface area (Å²) < 4.78 is 47.3. The lowest BCUT2D eigenvalue weighted by molar-refractivity contribution is -0.196. The molecule has 0 spiro atoms. The molecule has 1 aromatic heterocycles. The van der Waals surface area contributed by atoms with E-state index in [9.17, 15) is 22.8 Å². The number of amides is 2. The highest BCUT2D eigenvalue weighted by atomic mass is 19.4. The summed E-state index contributed by atoms with van der Waals surface area (Å²) in [6.07, 6.45) is -4.53. The fourth-order valence-electron chi connectivity index (χ4n) is 3.80. The number of rotatable bonds is 6.